The van der Waals surface area contributed by atoms with Gasteiger partial charge in [0, 0.05) is 36.2 Å². The fourth-order valence-corrected chi connectivity index (χ4v) is 4.02. The number of fused-ring (bicyclic) bond motifs is 1. The van der Waals surface area contributed by atoms with Crippen molar-refractivity contribution < 1.29 is 4.74 Å². The second-order valence-corrected chi connectivity index (χ2v) is 8.17. The highest BCUT2D eigenvalue weighted by atomic mass is 35.5. The maximum atomic E-state index is 9.62. The van der Waals surface area contributed by atoms with Gasteiger partial charge in [-0.05, 0) is 42.3 Å². The molecular formula is C24H22Cl2N4O. The smallest absolute Gasteiger partial charge is 0.103 e. The largest absolute Gasteiger partial charge is 0.379 e. The number of hydrogen-bond acceptors (Lipinski definition) is 5. The van der Waals surface area contributed by atoms with E-state index >= 15 is 0 Å². The maximum absolute atomic E-state index is 9.62. The van der Waals surface area contributed by atoms with Crippen LogP contribution >= 0.6 is 23.2 Å². The van der Waals surface area contributed by atoms with Crippen molar-refractivity contribution in [3.8, 4) is 6.07 Å². The molecule has 1 saturated heterocycles. The van der Waals surface area contributed by atoms with E-state index in [0.717, 1.165) is 55.7 Å². The van der Waals surface area contributed by atoms with Crippen LogP contribution in [0.3, 0.4) is 0 Å². The van der Waals surface area contributed by atoms with Gasteiger partial charge in [-0.2, -0.15) is 5.26 Å². The minimum absolute atomic E-state index is 0.451. The maximum Gasteiger partial charge on any atom is 0.103 e. The summed E-state index contributed by atoms with van der Waals surface area (Å²) in [6, 6.07) is 13.5. The minimum Gasteiger partial charge on any atom is -0.379 e. The van der Waals surface area contributed by atoms with E-state index in [1.165, 1.54) is 0 Å². The molecule has 0 saturated carbocycles. The van der Waals surface area contributed by atoms with Crippen LogP contribution in [0.15, 0.2) is 48.7 Å². The normalized spacial score (nSPS) is 14.7. The fraction of sp³-hybridized carbons (Fsp3) is 0.250. The molecule has 4 rings (SSSR count). The quantitative estimate of drug-likeness (QED) is 0.504. The monoisotopic (exact) mass is 452 g/mol. The van der Waals surface area contributed by atoms with E-state index in [9.17, 15) is 5.26 Å². The van der Waals surface area contributed by atoms with Gasteiger partial charge < -0.3 is 10.1 Å². The third kappa shape index (κ3) is 5.36. The van der Waals surface area contributed by atoms with Crippen LogP contribution in [-0.4, -0.2) is 42.7 Å². The Morgan fingerprint density at radius 2 is 2.00 bits per heavy atom. The lowest BCUT2D eigenvalue weighted by molar-refractivity contribution is 0.0387. The Bertz CT molecular complexity index is 1150. The molecule has 1 N–H and O–H groups in total. The van der Waals surface area contributed by atoms with E-state index in [-0.39, 0.29) is 0 Å². The lowest BCUT2D eigenvalue weighted by Crippen LogP contribution is -2.36. The van der Waals surface area contributed by atoms with E-state index in [1.807, 2.05) is 18.2 Å². The van der Waals surface area contributed by atoms with E-state index in [0.29, 0.717) is 27.0 Å². The standard InChI is InChI=1S/C24H22Cl2N4O/c25-19-5-7-23(21(26)14-19)29-24-18(15-27)16-28-22-6-4-17(13-20(22)24)3-1-2-8-30-9-11-31-12-10-30/h1,3-7,13-14,16H,2,8-12H2,(H,28,29). The first-order chi connectivity index (χ1) is 15.1. The van der Waals surface area contributed by atoms with Crippen LogP contribution in [0, 0.1) is 11.3 Å². The van der Waals surface area contributed by atoms with Crippen LogP contribution in [0.5, 0.6) is 0 Å². The molecule has 0 unspecified atom stereocenters. The molecule has 3 aromatic rings. The molecule has 5 nitrogen and oxygen atoms in total. The van der Waals surface area contributed by atoms with Gasteiger partial charge >= 0.3 is 0 Å². The summed E-state index contributed by atoms with van der Waals surface area (Å²) in [5, 5.41) is 14.8. The highest BCUT2D eigenvalue weighted by Gasteiger charge is 2.12. The van der Waals surface area contributed by atoms with Crippen molar-refractivity contribution in [2.75, 3.05) is 38.2 Å². The van der Waals surface area contributed by atoms with E-state index in [2.05, 4.69) is 33.4 Å². The van der Waals surface area contributed by atoms with Crippen molar-refractivity contribution in [1.82, 2.24) is 9.88 Å². The van der Waals surface area contributed by atoms with Gasteiger partial charge in [-0.1, -0.05) is 41.4 Å². The average Bonchev–Trinajstić information content (AvgIpc) is 2.79. The Balaban J connectivity index is 1.59. The third-order valence-corrected chi connectivity index (χ3v) is 5.78. The number of nitrogens with one attached hydrogen (secondary N) is 1. The van der Waals surface area contributed by atoms with Crippen molar-refractivity contribution in [3.05, 3.63) is 69.8 Å². The molecule has 1 fully saturated rings. The van der Waals surface area contributed by atoms with Crippen molar-refractivity contribution in [3.63, 3.8) is 0 Å². The number of nitriles is 1. The van der Waals surface area contributed by atoms with Crippen LogP contribution < -0.4 is 5.32 Å². The summed E-state index contributed by atoms with van der Waals surface area (Å²) in [4.78, 5) is 6.84. The van der Waals surface area contributed by atoms with Gasteiger partial charge in [-0.25, -0.2) is 0 Å². The molecule has 31 heavy (non-hydrogen) atoms. The first-order valence-corrected chi connectivity index (χ1v) is 10.9. The summed E-state index contributed by atoms with van der Waals surface area (Å²) >= 11 is 12.4. The second-order valence-electron chi connectivity index (χ2n) is 7.33. The summed E-state index contributed by atoms with van der Waals surface area (Å²) in [6.45, 7) is 4.64. The molecule has 0 spiro atoms. The molecule has 7 heteroatoms. The summed E-state index contributed by atoms with van der Waals surface area (Å²) in [5.41, 5.74) is 3.67. The van der Waals surface area contributed by atoms with Crippen molar-refractivity contribution in [2.24, 2.45) is 0 Å². The van der Waals surface area contributed by atoms with Gasteiger partial charge in [-0.3, -0.25) is 9.88 Å². The number of aromatic nitrogens is 1. The van der Waals surface area contributed by atoms with Gasteiger partial charge in [0.25, 0.3) is 0 Å². The highest BCUT2D eigenvalue weighted by Crippen LogP contribution is 2.33. The van der Waals surface area contributed by atoms with E-state index < -0.39 is 0 Å². The molecule has 158 valence electrons. The first-order valence-electron chi connectivity index (χ1n) is 10.2. The van der Waals surface area contributed by atoms with Gasteiger partial charge in [0.2, 0.25) is 0 Å². The summed E-state index contributed by atoms with van der Waals surface area (Å²) in [7, 11) is 0. The molecule has 0 aliphatic carbocycles. The molecule has 0 bridgehead atoms. The Labute approximate surface area is 191 Å². The zero-order chi connectivity index (χ0) is 21.6. The zero-order valence-corrected chi connectivity index (χ0v) is 18.5. The van der Waals surface area contributed by atoms with Gasteiger partial charge in [0.1, 0.15) is 6.07 Å². The first kappa shape index (κ1) is 21.6. The minimum atomic E-state index is 0.451. The van der Waals surface area contributed by atoms with Gasteiger partial charge in [0.15, 0.2) is 0 Å². The fourth-order valence-electron chi connectivity index (χ4n) is 3.56. The number of morpholine rings is 1. The van der Waals surface area contributed by atoms with Gasteiger partial charge in [-0.15, -0.1) is 0 Å². The summed E-state index contributed by atoms with van der Waals surface area (Å²) < 4.78 is 5.39. The number of benzene rings is 2. The lowest BCUT2D eigenvalue weighted by atomic mass is 10.1. The van der Waals surface area contributed by atoms with Crippen molar-refractivity contribution in [1.29, 1.82) is 5.26 Å². The summed E-state index contributed by atoms with van der Waals surface area (Å²) in [5.74, 6) is 0. The Hall–Kier alpha value is -2.62. The topological polar surface area (TPSA) is 61.2 Å². The Morgan fingerprint density at radius 3 is 2.77 bits per heavy atom. The number of nitrogens with zero attached hydrogens (tertiary/aromatic N) is 3. The predicted octanol–water partition coefficient (Wildman–Crippen LogP) is 5.89. The number of rotatable bonds is 6. The average molecular weight is 453 g/mol. The molecule has 1 aliphatic rings. The van der Waals surface area contributed by atoms with Crippen LogP contribution in [-0.2, 0) is 4.74 Å². The van der Waals surface area contributed by atoms with Crippen LogP contribution in [0.2, 0.25) is 10.0 Å². The molecule has 2 heterocycles. The molecule has 0 amide bonds. The van der Waals surface area contributed by atoms with Crippen molar-refractivity contribution >= 4 is 51.6 Å². The number of anilines is 2. The molecular weight excluding hydrogens is 431 g/mol. The number of hydrogen-bond donors (Lipinski definition) is 1. The molecule has 1 aliphatic heterocycles. The van der Waals surface area contributed by atoms with Crippen molar-refractivity contribution in [2.45, 2.75) is 6.42 Å². The zero-order valence-electron chi connectivity index (χ0n) is 16.9. The SMILES string of the molecule is N#Cc1cnc2ccc(C=CCCN3CCOCC3)cc2c1Nc1ccc(Cl)cc1Cl. The number of ether oxygens (including phenoxy) is 1. The van der Waals surface area contributed by atoms with Crippen LogP contribution in [0.4, 0.5) is 11.4 Å². The number of halogens is 2. The predicted molar refractivity (Wildman–Crippen MR) is 127 cm³/mol. The van der Waals surface area contributed by atoms with Crippen LogP contribution in [0.25, 0.3) is 17.0 Å². The lowest BCUT2D eigenvalue weighted by Gasteiger charge is -2.25. The van der Waals surface area contributed by atoms with Crippen LogP contribution in [0.1, 0.15) is 17.5 Å². The highest BCUT2D eigenvalue weighted by molar-refractivity contribution is 6.36. The molecule has 2 aromatic carbocycles. The Kier molecular flexibility index (Phi) is 7.06. The molecule has 0 radical (unpaired) electrons. The second kappa shape index (κ2) is 10.1. The Morgan fingerprint density at radius 1 is 1.16 bits per heavy atom. The third-order valence-electron chi connectivity index (χ3n) is 5.23. The summed E-state index contributed by atoms with van der Waals surface area (Å²) in [6.07, 6.45) is 6.84. The number of pyridine rings is 1. The van der Waals surface area contributed by atoms with E-state index in [4.69, 9.17) is 27.9 Å². The van der Waals surface area contributed by atoms with E-state index in [1.54, 1.807) is 24.4 Å². The molecule has 1 aromatic heterocycles. The van der Waals surface area contributed by atoms with Gasteiger partial charge in [0.05, 0.1) is 40.7 Å². The molecule has 0 atom stereocenters.